The van der Waals surface area contributed by atoms with Gasteiger partial charge in [-0.1, -0.05) is 12.1 Å². The van der Waals surface area contributed by atoms with Gasteiger partial charge in [-0.15, -0.1) is 0 Å². The molecule has 1 aromatic rings. The molecule has 1 rings (SSSR count). The number of rotatable bonds is 3. The van der Waals surface area contributed by atoms with Gasteiger partial charge in [0.25, 0.3) is 0 Å². The van der Waals surface area contributed by atoms with E-state index in [1.54, 1.807) is 18.2 Å². The molecule has 0 radical (unpaired) electrons. The summed E-state index contributed by atoms with van der Waals surface area (Å²) in [7, 11) is 0. The zero-order valence-electron chi connectivity index (χ0n) is 7.81. The zero-order valence-corrected chi connectivity index (χ0v) is 7.81. The molecule has 1 atom stereocenters. The van der Waals surface area contributed by atoms with Crippen molar-refractivity contribution in [1.82, 2.24) is 0 Å². The number of amides is 2. The number of nitrogens with one attached hydrogen (secondary N) is 1. The average molecular weight is 209 g/mol. The van der Waals surface area contributed by atoms with Crippen LogP contribution in [0, 0.1) is 0 Å². The molecule has 1 unspecified atom stereocenters. The van der Waals surface area contributed by atoms with Gasteiger partial charge in [-0.2, -0.15) is 0 Å². The van der Waals surface area contributed by atoms with Crippen molar-refractivity contribution in [2.75, 3.05) is 5.32 Å². The molecule has 6 nitrogen and oxygen atoms in total. The van der Waals surface area contributed by atoms with E-state index in [4.69, 9.17) is 16.6 Å². The monoisotopic (exact) mass is 209 g/mol. The van der Waals surface area contributed by atoms with Crippen molar-refractivity contribution in [2.45, 2.75) is 6.04 Å². The van der Waals surface area contributed by atoms with E-state index in [-0.39, 0.29) is 0 Å². The second-order valence-electron chi connectivity index (χ2n) is 2.93. The number of carboxylic acid groups (broad SMARTS) is 1. The lowest BCUT2D eigenvalue weighted by Crippen LogP contribution is -2.22. The van der Waals surface area contributed by atoms with Gasteiger partial charge in [0, 0.05) is 5.69 Å². The maximum atomic E-state index is 10.6. The summed E-state index contributed by atoms with van der Waals surface area (Å²) in [5.74, 6) is -1.13. The maximum absolute atomic E-state index is 10.6. The van der Waals surface area contributed by atoms with Crippen molar-refractivity contribution < 1.29 is 14.7 Å². The van der Waals surface area contributed by atoms with E-state index in [9.17, 15) is 9.59 Å². The van der Waals surface area contributed by atoms with Crippen molar-refractivity contribution in [3.05, 3.63) is 29.8 Å². The molecule has 0 fully saturated rings. The molecule has 0 aliphatic carbocycles. The zero-order chi connectivity index (χ0) is 11.4. The van der Waals surface area contributed by atoms with Crippen LogP contribution in [0.3, 0.4) is 0 Å². The van der Waals surface area contributed by atoms with Crippen LogP contribution in [0.25, 0.3) is 0 Å². The van der Waals surface area contributed by atoms with Gasteiger partial charge in [0.15, 0.2) is 0 Å². The van der Waals surface area contributed by atoms with Crippen LogP contribution in [0.15, 0.2) is 24.3 Å². The van der Waals surface area contributed by atoms with E-state index >= 15 is 0 Å². The van der Waals surface area contributed by atoms with Crippen LogP contribution in [0.2, 0.25) is 0 Å². The Labute approximate surface area is 85.9 Å². The molecular formula is C9H11N3O3. The van der Waals surface area contributed by atoms with E-state index < -0.39 is 18.0 Å². The van der Waals surface area contributed by atoms with Gasteiger partial charge in [-0.25, -0.2) is 4.79 Å². The Bertz CT molecular complexity index is 392. The topological polar surface area (TPSA) is 118 Å². The van der Waals surface area contributed by atoms with Crippen LogP contribution in [0.5, 0.6) is 0 Å². The minimum absolute atomic E-state index is 0.397. The standard InChI is InChI=1S/C9H11N3O3/c10-7(8(13)14)5-2-1-3-6(4-5)12-9(11)15/h1-4,7H,10H2,(H,13,14)(H3,11,12,15). The molecule has 2 amide bonds. The lowest BCUT2D eigenvalue weighted by molar-refractivity contribution is -0.138. The highest BCUT2D eigenvalue weighted by Crippen LogP contribution is 2.15. The third-order valence-electron chi connectivity index (χ3n) is 1.78. The smallest absolute Gasteiger partial charge is 0.325 e. The Morgan fingerprint density at radius 2 is 2.07 bits per heavy atom. The average Bonchev–Trinajstić information content (AvgIpc) is 2.16. The van der Waals surface area contributed by atoms with Crippen molar-refractivity contribution >= 4 is 17.7 Å². The summed E-state index contributed by atoms with van der Waals surface area (Å²) in [6.45, 7) is 0. The number of hydrogen-bond acceptors (Lipinski definition) is 3. The van der Waals surface area contributed by atoms with Crippen LogP contribution < -0.4 is 16.8 Å². The minimum Gasteiger partial charge on any atom is -0.480 e. The highest BCUT2D eigenvalue weighted by molar-refractivity contribution is 5.88. The first-order chi connectivity index (χ1) is 7.00. The first kappa shape index (κ1) is 11.0. The van der Waals surface area contributed by atoms with Gasteiger partial charge < -0.3 is 21.9 Å². The molecule has 6 N–H and O–H groups in total. The number of benzene rings is 1. The number of aliphatic carboxylic acids is 1. The van der Waals surface area contributed by atoms with Crippen LogP contribution in [-0.2, 0) is 4.79 Å². The molecule has 0 bridgehead atoms. The van der Waals surface area contributed by atoms with Crippen molar-refractivity contribution in [1.29, 1.82) is 0 Å². The highest BCUT2D eigenvalue weighted by atomic mass is 16.4. The summed E-state index contributed by atoms with van der Waals surface area (Å²) in [4.78, 5) is 21.1. The molecule has 0 aliphatic rings. The van der Waals surface area contributed by atoms with E-state index in [1.165, 1.54) is 6.07 Å². The molecular weight excluding hydrogens is 198 g/mol. The predicted octanol–water partition coefficient (Wildman–Crippen LogP) is 0.262. The third-order valence-corrected chi connectivity index (χ3v) is 1.78. The summed E-state index contributed by atoms with van der Waals surface area (Å²) in [6.07, 6.45) is 0. The number of hydrogen-bond donors (Lipinski definition) is 4. The Kier molecular flexibility index (Phi) is 3.25. The molecule has 1 aromatic carbocycles. The number of primary amides is 1. The fourth-order valence-electron chi connectivity index (χ4n) is 1.09. The highest BCUT2D eigenvalue weighted by Gasteiger charge is 2.14. The van der Waals surface area contributed by atoms with Gasteiger partial charge in [-0.3, -0.25) is 4.79 Å². The molecule has 15 heavy (non-hydrogen) atoms. The van der Waals surface area contributed by atoms with Gasteiger partial charge in [-0.05, 0) is 17.7 Å². The van der Waals surface area contributed by atoms with Crippen LogP contribution in [-0.4, -0.2) is 17.1 Å². The quantitative estimate of drug-likeness (QED) is 0.570. The first-order valence-corrected chi connectivity index (χ1v) is 4.15. The molecule has 80 valence electrons. The lowest BCUT2D eigenvalue weighted by atomic mass is 10.1. The largest absolute Gasteiger partial charge is 0.480 e. The summed E-state index contributed by atoms with van der Waals surface area (Å²) in [5, 5.41) is 11.0. The van der Waals surface area contributed by atoms with Crippen LogP contribution in [0.4, 0.5) is 10.5 Å². The predicted molar refractivity (Wildman–Crippen MR) is 54.2 cm³/mol. The van der Waals surface area contributed by atoms with Gasteiger partial charge >= 0.3 is 12.0 Å². The summed E-state index contributed by atoms with van der Waals surface area (Å²) >= 11 is 0. The van der Waals surface area contributed by atoms with Crippen LogP contribution >= 0.6 is 0 Å². The summed E-state index contributed by atoms with van der Waals surface area (Å²) < 4.78 is 0. The fraction of sp³-hybridized carbons (Fsp3) is 0.111. The van der Waals surface area contributed by atoms with Gasteiger partial charge in [0.05, 0.1) is 0 Å². The Morgan fingerprint density at radius 3 is 2.60 bits per heavy atom. The fourth-order valence-corrected chi connectivity index (χ4v) is 1.09. The number of nitrogens with two attached hydrogens (primary N) is 2. The van der Waals surface area contributed by atoms with E-state index in [0.717, 1.165) is 0 Å². The van der Waals surface area contributed by atoms with Crippen molar-refractivity contribution in [2.24, 2.45) is 11.5 Å². The lowest BCUT2D eigenvalue weighted by Gasteiger charge is -2.08. The number of carbonyl (C=O) groups is 2. The molecule has 0 aliphatic heterocycles. The number of urea groups is 1. The Morgan fingerprint density at radius 1 is 1.40 bits per heavy atom. The van der Waals surface area contributed by atoms with E-state index in [0.29, 0.717) is 11.3 Å². The molecule has 0 saturated carbocycles. The normalized spacial score (nSPS) is 11.8. The molecule has 0 heterocycles. The number of carboxylic acids is 1. The number of carbonyl (C=O) groups excluding carboxylic acids is 1. The minimum atomic E-state index is -1.13. The Hall–Kier alpha value is -2.08. The van der Waals surface area contributed by atoms with E-state index in [2.05, 4.69) is 5.32 Å². The van der Waals surface area contributed by atoms with E-state index in [1.807, 2.05) is 0 Å². The molecule has 6 heteroatoms. The van der Waals surface area contributed by atoms with Crippen molar-refractivity contribution in [3.63, 3.8) is 0 Å². The number of anilines is 1. The first-order valence-electron chi connectivity index (χ1n) is 4.15. The Balaban J connectivity index is 2.92. The van der Waals surface area contributed by atoms with Gasteiger partial charge in [0.1, 0.15) is 6.04 Å². The third kappa shape index (κ3) is 2.96. The maximum Gasteiger partial charge on any atom is 0.325 e. The van der Waals surface area contributed by atoms with Crippen molar-refractivity contribution in [3.8, 4) is 0 Å². The molecule has 0 spiro atoms. The van der Waals surface area contributed by atoms with Gasteiger partial charge in [0.2, 0.25) is 0 Å². The second kappa shape index (κ2) is 4.43. The SMILES string of the molecule is NC(=O)Nc1cccc(C(N)C(=O)O)c1. The second-order valence-corrected chi connectivity index (χ2v) is 2.93. The summed E-state index contributed by atoms with van der Waals surface area (Å²) in [6, 6.07) is 4.37. The van der Waals surface area contributed by atoms with Crippen LogP contribution in [0.1, 0.15) is 11.6 Å². The molecule has 0 saturated heterocycles. The summed E-state index contributed by atoms with van der Waals surface area (Å²) in [5.41, 5.74) is 11.1. The molecule has 0 aromatic heterocycles.